The van der Waals surface area contributed by atoms with Crippen molar-refractivity contribution >= 4 is 0 Å². The molecule has 7 heteroatoms. The topological polar surface area (TPSA) is 69.2 Å². The van der Waals surface area contributed by atoms with E-state index in [4.69, 9.17) is 23.7 Å². The average Bonchev–Trinajstić information content (AvgIpc) is 2.81. The molecule has 3 aliphatic rings. The maximum atomic E-state index is 12.3. The molecule has 3 aliphatic heterocycles. The molecule has 0 unspecified atom stereocenters. The maximum Gasteiger partial charge on any atom is 1.00 e. The number of rotatable bonds is 1. The molecule has 3 saturated heterocycles. The Balaban J connectivity index is 0.00000133. The first-order valence-electron chi connectivity index (χ1n) is 6.26. The van der Waals surface area contributed by atoms with Crippen molar-refractivity contribution < 1.29 is 47.7 Å². The Morgan fingerprint density at radius 3 is 2.16 bits per heavy atom. The van der Waals surface area contributed by atoms with E-state index in [1.54, 1.807) is 13.8 Å². The monoisotopic (exact) mass is 266 g/mol. The molecule has 0 bridgehead atoms. The van der Waals surface area contributed by atoms with Crippen LogP contribution >= 0.6 is 0 Å². The molecule has 0 aromatic heterocycles. The maximum absolute atomic E-state index is 12.3. The molecule has 6 nitrogen and oxygen atoms in total. The van der Waals surface area contributed by atoms with Crippen molar-refractivity contribution in [3.8, 4) is 0 Å². The molecule has 3 heterocycles. The number of fused-ring (bicyclic) bond motifs is 1. The summed E-state index contributed by atoms with van der Waals surface area (Å²) in [6, 6.07) is 0. The molecule has 0 aliphatic carbocycles. The molecule has 3 fully saturated rings. The number of ether oxygens (including phenoxy) is 5. The predicted octanol–water partition coefficient (Wildman–Crippen LogP) is -3.25. The first kappa shape index (κ1) is 15.7. The zero-order chi connectivity index (χ0) is 13.1. The molecule has 0 saturated carbocycles. The fraction of sp³-hybridized carbons (Fsp3) is 1.00. The minimum Gasteiger partial charge on any atom is -0.848 e. The smallest absolute Gasteiger partial charge is 0.848 e. The van der Waals surface area contributed by atoms with Gasteiger partial charge in [-0.1, -0.05) is 6.10 Å². The van der Waals surface area contributed by atoms with Gasteiger partial charge in [-0.2, -0.15) is 0 Å². The van der Waals surface area contributed by atoms with E-state index in [0.29, 0.717) is 6.61 Å². The minimum absolute atomic E-state index is 0. The molecular weight excluding hydrogens is 247 g/mol. The quantitative estimate of drug-likeness (QED) is 0.464. The van der Waals surface area contributed by atoms with E-state index in [9.17, 15) is 5.11 Å². The zero-order valence-electron chi connectivity index (χ0n) is 12.0. The van der Waals surface area contributed by atoms with Gasteiger partial charge < -0.3 is 28.8 Å². The fourth-order valence-electron chi connectivity index (χ4n) is 2.68. The molecule has 0 N–H and O–H groups in total. The Labute approximate surface area is 124 Å². The van der Waals surface area contributed by atoms with E-state index in [0.717, 1.165) is 0 Å². The first-order chi connectivity index (χ1) is 8.27. The summed E-state index contributed by atoms with van der Waals surface area (Å²) in [7, 11) is 0. The van der Waals surface area contributed by atoms with Crippen molar-refractivity contribution in [1.29, 1.82) is 0 Å². The van der Waals surface area contributed by atoms with Crippen molar-refractivity contribution in [1.82, 2.24) is 0 Å². The van der Waals surface area contributed by atoms with E-state index in [1.807, 2.05) is 13.8 Å². The Kier molecular flexibility index (Phi) is 4.12. The average molecular weight is 266 g/mol. The molecule has 3 rings (SSSR count). The van der Waals surface area contributed by atoms with Gasteiger partial charge in [0.2, 0.25) is 0 Å². The summed E-state index contributed by atoms with van der Waals surface area (Å²) in [4.78, 5) is 0. The van der Waals surface area contributed by atoms with Crippen LogP contribution < -0.4 is 24.0 Å². The summed E-state index contributed by atoms with van der Waals surface area (Å²) >= 11 is 0. The Morgan fingerprint density at radius 2 is 1.63 bits per heavy atom. The summed E-state index contributed by atoms with van der Waals surface area (Å²) < 4.78 is 27.9. The van der Waals surface area contributed by atoms with Crippen LogP contribution in [0.1, 0.15) is 27.7 Å². The second-order valence-electron chi connectivity index (χ2n) is 5.90. The van der Waals surface area contributed by atoms with Crippen LogP contribution in [0, 0.1) is 0 Å². The SMILES string of the molecule is CC1(C)O[C@H]2O[C@@H]([C@H]3COC(C)(C)O3)[C@H]([O-])[C@H]2O1.[Li+]. The van der Waals surface area contributed by atoms with Crippen LogP contribution in [0.3, 0.4) is 0 Å². The van der Waals surface area contributed by atoms with Crippen molar-refractivity contribution in [2.75, 3.05) is 6.61 Å². The summed E-state index contributed by atoms with van der Waals surface area (Å²) in [5, 5.41) is 12.3. The molecule has 5 atom stereocenters. The van der Waals surface area contributed by atoms with Gasteiger partial charge in [-0.25, -0.2) is 0 Å². The zero-order valence-corrected chi connectivity index (χ0v) is 12.0. The van der Waals surface area contributed by atoms with E-state index in [1.165, 1.54) is 0 Å². The molecular formula is C12H19LiO6. The summed E-state index contributed by atoms with van der Waals surface area (Å²) in [5.74, 6) is -1.41. The first-order valence-corrected chi connectivity index (χ1v) is 6.26. The molecule has 0 radical (unpaired) electrons. The predicted molar refractivity (Wildman–Crippen MR) is 57.4 cm³/mol. The molecule has 104 valence electrons. The van der Waals surface area contributed by atoms with Crippen LogP contribution in [0.2, 0.25) is 0 Å². The van der Waals surface area contributed by atoms with E-state index >= 15 is 0 Å². The van der Waals surface area contributed by atoms with Crippen molar-refractivity contribution in [3.63, 3.8) is 0 Å². The van der Waals surface area contributed by atoms with Gasteiger partial charge in [0.1, 0.15) is 12.2 Å². The van der Waals surface area contributed by atoms with Crippen molar-refractivity contribution in [2.24, 2.45) is 0 Å². The van der Waals surface area contributed by atoms with Crippen LogP contribution in [-0.2, 0) is 23.7 Å². The van der Waals surface area contributed by atoms with Gasteiger partial charge >= 0.3 is 18.9 Å². The van der Waals surface area contributed by atoms with Gasteiger partial charge in [0.15, 0.2) is 17.9 Å². The van der Waals surface area contributed by atoms with Gasteiger partial charge in [-0.05, 0) is 27.7 Å². The third-order valence-corrected chi connectivity index (χ3v) is 3.42. The van der Waals surface area contributed by atoms with Crippen LogP contribution in [0.5, 0.6) is 0 Å². The van der Waals surface area contributed by atoms with E-state index < -0.39 is 36.2 Å². The second kappa shape index (κ2) is 4.97. The molecule has 0 aromatic rings. The molecule has 0 amide bonds. The summed E-state index contributed by atoms with van der Waals surface area (Å²) in [5.41, 5.74) is 0. The van der Waals surface area contributed by atoms with Crippen LogP contribution in [-0.4, -0.2) is 48.9 Å². The van der Waals surface area contributed by atoms with Crippen molar-refractivity contribution in [2.45, 2.75) is 70.0 Å². The minimum atomic E-state index is -1.01. The Hall–Kier alpha value is 0.357. The van der Waals surface area contributed by atoms with Crippen LogP contribution in [0.15, 0.2) is 0 Å². The van der Waals surface area contributed by atoms with E-state index in [2.05, 4.69) is 0 Å². The van der Waals surface area contributed by atoms with Gasteiger partial charge in [-0.3, -0.25) is 0 Å². The molecule has 0 spiro atoms. The molecule has 0 aromatic carbocycles. The summed E-state index contributed by atoms with van der Waals surface area (Å²) in [6.45, 7) is 7.54. The van der Waals surface area contributed by atoms with Gasteiger partial charge in [0.05, 0.1) is 12.7 Å². The standard InChI is InChI=1S/C12H19O6.Li/c1-11(2)14-5-6(16-11)8-7(13)9-10(15-8)18-12(3,4)17-9;/h6-10H,5H2,1-4H3;/q-1;+1/t6-,7+,8+,9-,10-;/m1./s1. The third-order valence-electron chi connectivity index (χ3n) is 3.42. The van der Waals surface area contributed by atoms with Crippen molar-refractivity contribution in [3.05, 3.63) is 0 Å². The normalized spacial score (nSPS) is 46.9. The third kappa shape index (κ3) is 2.87. The summed E-state index contributed by atoms with van der Waals surface area (Å²) in [6.07, 6.45) is -3.13. The van der Waals surface area contributed by atoms with Gasteiger partial charge in [0, 0.05) is 0 Å². The second-order valence-corrected chi connectivity index (χ2v) is 5.90. The largest absolute Gasteiger partial charge is 1.00 e. The van der Waals surface area contributed by atoms with Gasteiger partial charge in [-0.15, -0.1) is 0 Å². The Morgan fingerprint density at radius 1 is 0.947 bits per heavy atom. The van der Waals surface area contributed by atoms with Crippen LogP contribution in [0.25, 0.3) is 0 Å². The molecule has 19 heavy (non-hydrogen) atoms. The van der Waals surface area contributed by atoms with Gasteiger partial charge in [0.25, 0.3) is 0 Å². The number of hydrogen-bond acceptors (Lipinski definition) is 6. The van der Waals surface area contributed by atoms with E-state index in [-0.39, 0.29) is 25.0 Å². The fourth-order valence-corrected chi connectivity index (χ4v) is 2.68. The number of hydrogen-bond donors (Lipinski definition) is 0. The van der Waals surface area contributed by atoms with Crippen LogP contribution in [0.4, 0.5) is 0 Å². The Bertz CT molecular complexity index is 347.